The fourth-order valence-electron chi connectivity index (χ4n) is 2.25. The number of anilines is 1. The molecule has 2 atom stereocenters. The normalized spacial score (nSPS) is 25.2. The Kier molecular flexibility index (Phi) is 3.66. The van der Waals surface area contributed by atoms with Crippen LogP contribution in [0, 0.1) is 0 Å². The fourth-order valence-corrected chi connectivity index (χ4v) is 2.25. The Hall–Kier alpha value is -1.82. The molecule has 1 aromatic rings. The smallest absolute Gasteiger partial charge is 0.173 e. The number of hydrogen-bond acceptors (Lipinski definition) is 5. The van der Waals surface area contributed by atoms with Gasteiger partial charge in [0.2, 0.25) is 0 Å². The van der Waals surface area contributed by atoms with Crippen LogP contribution in [0.3, 0.4) is 0 Å². The predicted molar refractivity (Wildman–Crippen MR) is 69.0 cm³/mol. The maximum atomic E-state index is 8.81. The monoisotopic (exact) mass is 250 g/mol. The van der Waals surface area contributed by atoms with Gasteiger partial charge in [-0.05, 0) is 26.0 Å². The van der Waals surface area contributed by atoms with Crippen LogP contribution in [0.5, 0.6) is 0 Å². The summed E-state index contributed by atoms with van der Waals surface area (Å²) in [7, 11) is 0. The van der Waals surface area contributed by atoms with Crippen molar-refractivity contribution >= 4 is 11.7 Å². The summed E-state index contributed by atoms with van der Waals surface area (Å²) in [6.45, 7) is 5.53. The second-order valence-electron chi connectivity index (χ2n) is 4.52. The number of oxime groups is 1. The number of amidine groups is 1. The van der Waals surface area contributed by atoms with Crippen LogP contribution in [-0.4, -0.2) is 41.3 Å². The fraction of sp³-hybridized carbons (Fsp3) is 0.500. The molecule has 0 spiro atoms. The van der Waals surface area contributed by atoms with E-state index in [0.717, 1.165) is 18.9 Å². The lowest BCUT2D eigenvalue weighted by atomic mass is 10.1. The van der Waals surface area contributed by atoms with Crippen molar-refractivity contribution in [2.75, 3.05) is 18.0 Å². The van der Waals surface area contributed by atoms with Crippen molar-refractivity contribution in [1.82, 2.24) is 4.98 Å². The van der Waals surface area contributed by atoms with Gasteiger partial charge in [0.05, 0.1) is 17.8 Å². The van der Waals surface area contributed by atoms with Gasteiger partial charge in [-0.1, -0.05) is 5.16 Å². The molecule has 1 saturated heterocycles. The highest BCUT2D eigenvalue weighted by Crippen LogP contribution is 2.21. The lowest BCUT2D eigenvalue weighted by Gasteiger charge is -2.36. The SMILES string of the molecule is C[C@@H]1CN(c2ncccc2/C(N)=N/O)C[C@H](C)O1. The molecule has 0 saturated carbocycles. The molecule has 0 radical (unpaired) electrons. The van der Waals surface area contributed by atoms with Gasteiger partial charge in [-0.25, -0.2) is 4.98 Å². The van der Waals surface area contributed by atoms with Crippen LogP contribution in [0.1, 0.15) is 19.4 Å². The maximum absolute atomic E-state index is 8.81. The zero-order valence-electron chi connectivity index (χ0n) is 10.6. The summed E-state index contributed by atoms with van der Waals surface area (Å²) in [5, 5.41) is 11.9. The highest BCUT2D eigenvalue weighted by Gasteiger charge is 2.25. The van der Waals surface area contributed by atoms with Gasteiger partial charge in [0, 0.05) is 19.3 Å². The van der Waals surface area contributed by atoms with Crippen LogP contribution < -0.4 is 10.6 Å². The second-order valence-corrected chi connectivity index (χ2v) is 4.52. The van der Waals surface area contributed by atoms with E-state index in [9.17, 15) is 0 Å². The minimum absolute atomic E-state index is 0.0740. The largest absolute Gasteiger partial charge is 0.409 e. The molecule has 0 amide bonds. The molecule has 1 fully saturated rings. The summed E-state index contributed by atoms with van der Waals surface area (Å²) >= 11 is 0. The summed E-state index contributed by atoms with van der Waals surface area (Å²) in [5.41, 5.74) is 6.31. The summed E-state index contributed by atoms with van der Waals surface area (Å²) in [6, 6.07) is 3.56. The molecule has 98 valence electrons. The van der Waals surface area contributed by atoms with E-state index in [2.05, 4.69) is 15.0 Å². The summed E-state index contributed by atoms with van der Waals surface area (Å²) < 4.78 is 5.68. The van der Waals surface area contributed by atoms with Crippen LogP contribution in [0.25, 0.3) is 0 Å². The first kappa shape index (κ1) is 12.6. The van der Waals surface area contributed by atoms with E-state index in [1.807, 2.05) is 13.8 Å². The Balaban J connectivity index is 2.32. The van der Waals surface area contributed by atoms with Gasteiger partial charge in [0.15, 0.2) is 5.84 Å². The average molecular weight is 250 g/mol. The van der Waals surface area contributed by atoms with Crippen LogP contribution in [0.4, 0.5) is 5.82 Å². The number of morpholine rings is 1. The van der Waals surface area contributed by atoms with Crippen molar-refractivity contribution < 1.29 is 9.94 Å². The first-order valence-electron chi connectivity index (χ1n) is 5.95. The van der Waals surface area contributed by atoms with E-state index in [1.54, 1.807) is 18.3 Å². The third kappa shape index (κ3) is 2.53. The van der Waals surface area contributed by atoms with Gasteiger partial charge in [-0.3, -0.25) is 0 Å². The number of rotatable bonds is 2. The molecule has 2 heterocycles. The zero-order valence-corrected chi connectivity index (χ0v) is 10.6. The third-order valence-corrected chi connectivity index (χ3v) is 2.89. The number of ether oxygens (including phenoxy) is 1. The Morgan fingerprint density at radius 2 is 2.17 bits per heavy atom. The van der Waals surface area contributed by atoms with Crippen LogP contribution >= 0.6 is 0 Å². The first-order chi connectivity index (χ1) is 8.61. The van der Waals surface area contributed by atoms with Gasteiger partial charge in [0.25, 0.3) is 0 Å². The highest BCUT2D eigenvalue weighted by molar-refractivity contribution is 6.01. The molecule has 0 bridgehead atoms. The lowest BCUT2D eigenvalue weighted by Crippen LogP contribution is -2.46. The molecule has 1 aliphatic heterocycles. The molecule has 6 heteroatoms. The minimum Gasteiger partial charge on any atom is -0.409 e. The molecule has 0 aromatic carbocycles. The Bertz CT molecular complexity index is 439. The van der Waals surface area contributed by atoms with Gasteiger partial charge in [-0.2, -0.15) is 0 Å². The van der Waals surface area contributed by atoms with Gasteiger partial charge >= 0.3 is 0 Å². The van der Waals surface area contributed by atoms with Crippen LogP contribution in [0.2, 0.25) is 0 Å². The van der Waals surface area contributed by atoms with Crippen molar-refractivity contribution in [3.63, 3.8) is 0 Å². The van der Waals surface area contributed by atoms with Crippen molar-refractivity contribution in [2.45, 2.75) is 26.1 Å². The molecule has 3 N–H and O–H groups in total. The molecule has 18 heavy (non-hydrogen) atoms. The molecular formula is C12H18N4O2. The molecule has 0 unspecified atom stereocenters. The zero-order chi connectivity index (χ0) is 13.1. The summed E-state index contributed by atoms with van der Waals surface area (Å²) in [4.78, 5) is 6.44. The standard InChI is InChI=1S/C12H18N4O2/c1-8-6-16(7-9(2)18-8)12-10(11(13)15-17)4-3-5-14-12/h3-5,8-9,17H,6-7H2,1-2H3,(H2,13,15)/t8-,9+. The number of pyridine rings is 1. The van der Waals surface area contributed by atoms with E-state index in [4.69, 9.17) is 15.7 Å². The maximum Gasteiger partial charge on any atom is 0.173 e. The summed E-state index contributed by atoms with van der Waals surface area (Å²) in [6.07, 6.45) is 1.97. The van der Waals surface area contributed by atoms with E-state index in [1.165, 1.54) is 0 Å². The topological polar surface area (TPSA) is 84.0 Å². The van der Waals surface area contributed by atoms with Crippen molar-refractivity contribution in [2.24, 2.45) is 10.9 Å². The Labute approximate surface area is 106 Å². The van der Waals surface area contributed by atoms with E-state index in [-0.39, 0.29) is 18.0 Å². The van der Waals surface area contributed by atoms with Crippen LogP contribution in [-0.2, 0) is 4.74 Å². The lowest BCUT2D eigenvalue weighted by molar-refractivity contribution is -0.00546. The average Bonchev–Trinajstić information content (AvgIpc) is 2.36. The third-order valence-electron chi connectivity index (χ3n) is 2.89. The van der Waals surface area contributed by atoms with Gasteiger partial charge in [0.1, 0.15) is 5.82 Å². The van der Waals surface area contributed by atoms with Crippen molar-refractivity contribution in [3.8, 4) is 0 Å². The molecule has 1 aliphatic rings. The molecular weight excluding hydrogens is 232 g/mol. The van der Waals surface area contributed by atoms with E-state index >= 15 is 0 Å². The van der Waals surface area contributed by atoms with E-state index in [0.29, 0.717) is 5.56 Å². The summed E-state index contributed by atoms with van der Waals surface area (Å²) in [5.74, 6) is 0.805. The highest BCUT2D eigenvalue weighted by atomic mass is 16.5. The molecule has 2 rings (SSSR count). The molecule has 1 aromatic heterocycles. The quantitative estimate of drug-likeness (QED) is 0.351. The number of nitrogens with zero attached hydrogens (tertiary/aromatic N) is 3. The van der Waals surface area contributed by atoms with Crippen LogP contribution in [0.15, 0.2) is 23.5 Å². The minimum atomic E-state index is 0.0740. The van der Waals surface area contributed by atoms with Gasteiger partial charge in [-0.15, -0.1) is 0 Å². The van der Waals surface area contributed by atoms with Crippen molar-refractivity contribution in [1.29, 1.82) is 0 Å². The Morgan fingerprint density at radius 3 is 2.78 bits per heavy atom. The number of aromatic nitrogens is 1. The van der Waals surface area contributed by atoms with E-state index < -0.39 is 0 Å². The Morgan fingerprint density at radius 1 is 1.50 bits per heavy atom. The molecule has 6 nitrogen and oxygen atoms in total. The molecule has 0 aliphatic carbocycles. The van der Waals surface area contributed by atoms with Gasteiger partial charge < -0.3 is 20.6 Å². The second kappa shape index (κ2) is 5.22. The first-order valence-corrected chi connectivity index (χ1v) is 5.95. The van der Waals surface area contributed by atoms with Crippen molar-refractivity contribution in [3.05, 3.63) is 23.9 Å². The number of nitrogens with two attached hydrogens (primary N) is 1. The predicted octanol–water partition coefficient (Wildman–Crippen LogP) is 0.790. The number of hydrogen-bond donors (Lipinski definition) is 2.